The van der Waals surface area contributed by atoms with Gasteiger partial charge in [-0.1, -0.05) is 12.1 Å². The first-order valence-corrected chi connectivity index (χ1v) is 7.47. The van der Waals surface area contributed by atoms with Crippen molar-refractivity contribution in [1.82, 2.24) is 10.3 Å². The van der Waals surface area contributed by atoms with Gasteiger partial charge in [0.1, 0.15) is 5.01 Å². The van der Waals surface area contributed by atoms with E-state index >= 15 is 0 Å². The van der Waals surface area contributed by atoms with Gasteiger partial charge in [0.2, 0.25) is 0 Å². The molecule has 2 aromatic rings. The van der Waals surface area contributed by atoms with Gasteiger partial charge in [0, 0.05) is 16.8 Å². The van der Waals surface area contributed by atoms with E-state index in [0.29, 0.717) is 6.04 Å². The average Bonchev–Trinajstić information content (AvgIpc) is 2.83. The van der Waals surface area contributed by atoms with Crippen molar-refractivity contribution in [2.24, 2.45) is 0 Å². The first-order valence-electron chi connectivity index (χ1n) is 6.65. The number of aryl methyl sites for hydroxylation is 2. The van der Waals surface area contributed by atoms with Crippen molar-refractivity contribution in [2.75, 3.05) is 12.3 Å². The Balaban J connectivity index is 1.70. The minimum Gasteiger partial charge on any atom is -0.399 e. The molecule has 0 fully saturated rings. The molecular weight excluding hydrogens is 254 g/mol. The normalized spacial score (nSPS) is 12.5. The Morgan fingerprint density at radius 2 is 2.05 bits per heavy atom. The first-order chi connectivity index (χ1) is 9.15. The smallest absolute Gasteiger partial charge is 0.109 e. The third kappa shape index (κ3) is 4.33. The zero-order valence-corrected chi connectivity index (χ0v) is 12.3. The molecule has 0 spiro atoms. The van der Waals surface area contributed by atoms with E-state index < -0.39 is 0 Å². The number of hydrogen-bond acceptors (Lipinski definition) is 4. The fraction of sp³-hybridized carbons (Fsp3) is 0.400. The lowest BCUT2D eigenvalue weighted by Gasteiger charge is -2.10. The topological polar surface area (TPSA) is 50.9 Å². The SMILES string of the molecule is Cc1cnc(C(C)NCCCc2ccc(N)cc2)s1. The Kier molecular flexibility index (Phi) is 4.93. The summed E-state index contributed by atoms with van der Waals surface area (Å²) in [6.07, 6.45) is 4.14. The number of nitrogen functional groups attached to an aromatic ring is 1. The predicted molar refractivity (Wildman–Crippen MR) is 82.4 cm³/mol. The highest BCUT2D eigenvalue weighted by molar-refractivity contribution is 7.11. The van der Waals surface area contributed by atoms with Crippen LogP contribution in [0.3, 0.4) is 0 Å². The Morgan fingerprint density at radius 3 is 2.68 bits per heavy atom. The molecule has 102 valence electrons. The summed E-state index contributed by atoms with van der Waals surface area (Å²) >= 11 is 1.76. The summed E-state index contributed by atoms with van der Waals surface area (Å²) in [5, 5.41) is 4.69. The Morgan fingerprint density at radius 1 is 1.32 bits per heavy atom. The Hall–Kier alpha value is -1.39. The van der Waals surface area contributed by atoms with Gasteiger partial charge in [0.25, 0.3) is 0 Å². The molecular formula is C15H21N3S. The average molecular weight is 275 g/mol. The van der Waals surface area contributed by atoms with Gasteiger partial charge in [-0.2, -0.15) is 0 Å². The maximum Gasteiger partial charge on any atom is 0.109 e. The van der Waals surface area contributed by atoms with Gasteiger partial charge in [-0.15, -0.1) is 11.3 Å². The van der Waals surface area contributed by atoms with E-state index in [2.05, 4.69) is 36.3 Å². The quantitative estimate of drug-likeness (QED) is 0.628. The molecule has 0 aliphatic rings. The summed E-state index contributed by atoms with van der Waals surface area (Å²) in [5.74, 6) is 0. The molecule has 3 nitrogen and oxygen atoms in total. The van der Waals surface area contributed by atoms with Crippen molar-refractivity contribution in [3.8, 4) is 0 Å². The van der Waals surface area contributed by atoms with Crippen molar-refractivity contribution < 1.29 is 0 Å². The molecule has 1 aromatic heterocycles. The Labute approximate surface area is 118 Å². The fourth-order valence-corrected chi connectivity index (χ4v) is 2.76. The van der Waals surface area contributed by atoms with Crippen LogP contribution in [-0.4, -0.2) is 11.5 Å². The molecule has 19 heavy (non-hydrogen) atoms. The largest absolute Gasteiger partial charge is 0.399 e. The maximum absolute atomic E-state index is 5.67. The molecule has 3 N–H and O–H groups in total. The van der Waals surface area contributed by atoms with E-state index in [4.69, 9.17) is 5.73 Å². The molecule has 0 amide bonds. The fourth-order valence-electron chi connectivity index (χ4n) is 1.96. The van der Waals surface area contributed by atoms with E-state index in [0.717, 1.165) is 25.1 Å². The van der Waals surface area contributed by atoms with Crippen LogP contribution in [0.2, 0.25) is 0 Å². The molecule has 4 heteroatoms. The summed E-state index contributed by atoms with van der Waals surface area (Å²) in [6, 6.07) is 8.46. The summed E-state index contributed by atoms with van der Waals surface area (Å²) in [6.45, 7) is 5.26. The van der Waals surface area contributed by atoms with Crippen molar-refractivity contribution in [2.45, 2.75) is 32.7 Å². The minimum absolute atomic E-state index is 0.338. The van der Waals surface area contributed by atoms with Crippen molar-refractivity contribution in [3.63, 3.8) is 0 Å². The number of rotatable bonds is 6. The summed E-state index contributed by atoms with van der Waals surface area (Å²) in [4.78, 5) is 5.67. The number of benzene rings is 1. The predicted octanol–water partition coefficient (Wildman–Crippen LogP) is 3.32. The summed E-state index contributed by atoms with van der Waals surface area (Å²) < 4.78 is 0. The van der Waals surface area contributed by atoms with Crippen LogP contribution in [0.1, 0.15) is 34.8 Å². The molecule has 1 heterocycles. The van der Waals surface area contributed by atoms with Gasteiger partial charge in [-0.25, -0.2) is 4.98 Å². The molecule has 1 unspecified atom stereocenters. The standard InChI is InChI=1S/C15H21N3S/c1-11-10-18-15(19-11)12(2)17-9-3-4-13-5-7-14(16)8-6-13/h5-8,10,12,17H,3-4,9,16H2,1-2H3. The molecule has 0 aliphatic carbocycles. The van der Waals surface area contributed by atoms with Crippen LogP contribution in [-0.2, 0) is 6.42 Å². The molecule has 0 saturated carbocycles. The number of thiazole rings is 1. The van der Waals surface area contributed by atoms with Crippen LogP contribution >= 0.6 is 11.3 Å². The van der Waals surface area contributed by atoms with E-state index in [1.54, 1.807) is 11.3 Å². The molecule has 0 radical (unpaired) electrons. The monoisotopic (exact) mass is 275 g/mol. The number of anilines is 1. The molecule has 0 saturated heterocycles. The molecule has 1 aromatic carbocycles. The molecule has 1 atom stereocenters. The van der Waals surface area contributed by atoms with Crippen LogP contribution in [0, 0.1) is 6.92 Å². The lowest BCUT2D eigenvalue weighted by Crippen LogP contribution is -2.20. The van der Waals surface area contributed by atoms with Crippen molar-refractivity contribution in [3.05, 3.63) is 45.9 Å². The summed E-state index contributed by atoms with van der Waals surface area (Å²) in [7, 11) is 0. The van der Waals surface area contributed by atoms with Crippen LogP contribution < -0.4 is 11.1 Å². The maximum atomic E-state index is 5.67. The zero-order chi connectivity index (χ0) is 13.7. The van der Waals surface area contributed by atoms with Crippen molar-refractivity contribution >= 4 is 17.0 Å². The lowest BCUT2D eigenvalue weighted by molar-refractivity contribution is 0.556. The van der Waals surface area contributed by atoms with Crippen molar-refractivity contribution in [1.29, 1.82) is 0 Å². The highest BCUT2D eigenvalue weighted by Crippen LogP contribution is 2.18. The van der Waals surface area contributed by atoms with Gasteiger partial charge in [0.05, 0.1) is 6.04 Å². The third-order valence-electron chi connectivity index (χ3n) is 3.08. The van der Waals surface area contributed by atoms with Crippen LogP contribution in [0.15, 0.2) is 30.5 Å². The summed E-state index contributed by atoms with van der Waals surface area (Å²) in [5.41, 5.74) is 7.84. The van der Waals surface area contributed by atoms with Crippen LogP contribution in [0.25, 0.3) is 0 Å². The van der Waals surface area contributed by atoms with E-state index in [1.165, 1.54) is 15.4 Å². The van der Waals surface area contributed by atoms with Crippen LogP contribution in [0.4, 0.5) is 5.69 Å². The zero-order valence-electron chi connectivity index (χ0n) is 11.5. The second-order valence-corrected chi connectivity index (χ2v) is 6.10. The van der Waals surface area contributed by atoms with Gasteiger partial charge < -0.3 is 11.1 Å². The number of hydrogen-bond donors (Lipinski definition) is 2. The highest BCUT2D eigenvalue weighted by Gasteiger charge is 2.07. The van der Waals surface area contributed by atoms with Gasteiger partial charge in [-0.3, -0.25) is 0 Å². The number of nitrogens with two attached hydrogens (primary N) is 1. The molecule has 2 rings (SSSR count). The van der Waals surface area contributed by atoms with Gasteiger partial charge >= 0.3 is 0 Å². The van der Waals surface area contributed by atoms with E-state index in [1.807, 2.05) is 18.3 Å². The highest BCUT2D eigenvalue weighted by atomic mass is 32.1. The number of nitrogens with one attached hydrogen (secondary N) is 1. The van der Waals surface area contributed by atoms with E-state index in [9.17, 15) is 0 Å². The third-order valence-corrected chi connectivity index (χ3v) is 4.18. The molecule has 0 aliphatic heterocycles. The molecule has 0 bridgehead atoms. The second-order valence-electron chi connectivity index (χ2n) is 4.83. The lowest BCUT2D eigenvalue weighted by atomic mass is 10.1. The van der Waals surface area contributed by atoms with Gasteiger partial charge in [0.15, 0.2) is 0 Å². The number of aromatic nitrogens is 1. The van der Waals surface area contributed by atoms with Crippen LogP contribution in [0.5, 0.6) is 0 Å². The van der Waals surface area contributed by atoms with E-state index in [-0.39, 0.29) is 0 Å². The minimum atomic E-state index is 0.338. The Bertz CT molecular complexity index is 504. The number of nitrogens with zero attached hydrogens (tertiary/aromatic N) is 1. The van der Waals surface area contributed by atoms with Gasteiger partial charge in [-0.05, 0) is 50.9 Å². The second kappa shape index (κ2) is 6.68. The first kappa shape index (κ1) is 14.0.